The Kier molecular flexibility index (Phi) is 5.25. The molecule has 2 aromatic heterocycles. The van der Waals surface area contributed by atoms with Crippen molar-refractivity contribution < 1.29 is 9.53 Å². The van der Waals surface area contributed by atoms with Crippen LogP contribution in [0.15, 0.2) is 35.8 Å². The van der Waals surface area contributed by atoms with Crippen LogP contribution in [-0.4, -0.2) is 37.2 Å². The Morgan fingerprint density at radius 1 is 1.43 bits per heavy atom. The molecule has 3 rings (SSSR count). The zero-order chi connectivity index (χ0) is 16.1. The van der Waals surface area contributed by atoms with Crippen LogP contribution in [0.2, 0.25) is 0 Å². The molecular weight excluding hydrogens is 310 g/mol. The molecule has 122 valence electrons. The molecule has 23 heavy (non-hydrogen) atoms. The summed E-state index contributed by atoms with van der Waals surface area (Å²) in [5.74, 6) is -0.125. The number of morpholine rings is 1. The molecule has 2 aromatic rings. The van der Waals surface area contributed by atoms with Crippen molar-refractivity contribution >= 4 is 22.9 Å². The van der Waals surface area contributed by atoms with Crippen molar-refractivity contribution in [1.82, 2.24) is 10.3 Å². The first-order valence-electron chi connectivity index (χ1n) is 7.91. The second-order valence-electron chi connectivity index (χ2n) is 5.45. The summed E-state index contributed by atoms with van der Waals surface area (Å²) >= 11 is 1.66. The van der Waals surface area contributed by atoms with Gasteiger partial charge in [0.1, 0.15) is 5.69 Å². The van der Waals surface area contributed by atoms with Crippen LogP contribution in [0, 0.1) is 0 Å². The molecule has 0 saturated carbocycles. The van der Waals surface area contributed by atoms with Gasteiger partial charge in [-0.15, -0.1) is 11.3 Å². The molecule has 1 amide bonds. The number of amides is 1. The van der Waals surface area contributed by atoms with E-state index in [4.69, 9.17) is 4.74 Å². The Bertz CT molecular complexity index is 639. The van der Waals surface area contributed by atoms with Crippen LogP contribution in [-0.2, 0) is 4.74 Å². The number of anilines is 1. The quantitative estimate of drug-likeness (QED) is 0.915. The predicted molar refractivity (Wildman–Crippen MR) is 92.1 cm³/mol. The van der Waals surface area contributed by atoms with Crippen LogP contribution in [0.4, 0.5) is 5.69 Å². The van der Waals surface area contributed by atoms with Crippen molar-refractivity contribution in [3.8, 4) is 0 Å². The van der Waals surface area contributed by atoms with E-state index in [1.807, 2.05) is 23.6 Å². The van der Waals surface area contributed by atoms with Crippen molar-refractivity contribution in [2.45, 2.75) is 19.4 Å². The normalized spacial score (nSPS) is 16.1. The summed E-state index contributed by atoms with van der Waals surface area (Å²) in [6.45, 7) is 5.21. The van der Waals surface area contributed by atoms with Gasteiger partial charge in [-0.1, -0.05) is 13.0 Å². The summed E-state index contributed by atoms with van der Waals surface area (Å²) in [4.78, 5) is 20.2. The number of carbonyl (C=O) groups is 1. The number of pyridine rings is 1. The van der Waals surface area contributed by atoms with E-state index in [0.29, 0.717) is 5.69 Å². The topological polar surface area (TPSA) is 54.5 Å². The molecule has 1 saturated heterocycles. The fourth-order valence-electron chi connectivity index (χ4n) is 2.66. The van der Waals surface area contributed by atoms with Crippen molar-refractivity contribution in [2.75, 3.05) is 31.2 Å². The lowest BCUT2D eigenvalue weighted by Gasteiger charge is -2.29. The Hall–Kier alpha value is -1.92. The van der Waals surface area contributed by atoms with Gasteiger partial charge >= 0.3 is 0 Å². The number of ether oxygens (including phenoxy) is 1. The minimum absolute atomic E-state index is 0.0383. The van der Waals surface area contributed by atoms with Gasteiger partial charge < -0.3 is 15.0 Å². The fraction of sp³-hybridized carbons (Fsp3) is 0.412. The lowest BCUT2D eigenvalue weighted by Crippen LogP contribution is -2.36. The third kappa shape index (κ3) is 3.89. The number of hydrogen-bond donors (Lipinski definition) is 1. The van der Waals surface area contributed by atoms with E-state index < -0.39 is 0 Å². The average molecular weight is 331 g/mol. The van der Waals surface area contributed by atoms with Gasteiger partial charge in [-0.3, -0.25) is 9.78 Å². The minimum Gasteiger partial charge on any atom is -0.378 e. The third-order valence-corrected chi connectivity index (χ3v) is 4.94. The number of thiophene rings is 1. The lowest BCUT2D eigenvalue weighted by molar-refractivity contribution is 0.0931. The van der Waals surface area contributed by atoms with Crippen molar-refractivity contribution in [1.29, 1.82) is 0 Å². The van der Waals surface area contributed by atoms with E-state index in [-0.39, 0.29) is 11.9 Å². The van der Waals surface area contributed by atoms with E-state index in [1.54, 1.807) is 17.5 Å². The van der Waals surface area contributed by atoms with Crippen LogP contribution in [0.5, 0.6) is 0 Å². The molecule has 0 radical (unpaired) electrons. The molecule has 0 aliphatic carbocycles. The van der Waals surface area contributed by atoms with Gasteiger partial charge in [0.2, 0.25) is 0 Å². The second-order valence-corrected chi connectivity index (χ2v) is 6.43. The van der Waals surface area contributed by atoms with Crippen molar-refractivity contribution in [2.24, 2.45) is 0 Å². The molecule has 6 heteroatoms. The smallest absolute Gasteiger partial charge is 0.270 e. The number of nitrogens with zero attached hydrogens (tertiary/aromatic N) is 2. The number of nitrogens with one attached hydrogen (secondary N) is 1. The summed E-state index contributed by atoms with van der Waals surface area (Å²) in [5, 5.41) is 5.11. The Balaban J connectivity index is 1.71. The monoisotopic (exact) mass is 331 g/mol. The summed E-state index contributed by atoms with van der Waals surface area (Å²) in [5.41, 5.74) is 1.49. The molecule has 0 aromatic carbocycles. The SMILES string of the molecule is CC[C@@H](NC(=O)c1cc(N2CCOCC2)ccn1)c1cccs1. The highest BCUT2D eigenvalue weighted by atomic mass is 32.1. The first kappa shape index (κ1) is 16.0. The predicted octanol–water partition coefficient (Wildman–Crippen LogP) is 2.86. The molecule has 1 fully saturated rings. The maximum atomic E-state index is 12.5. The Labute approximate surface area is 140 Å². The van der Waals surface area contributed by atoms with E-state index >= 15 is 0 Å². The Morgan fingerprint density at radius 3 is 2.96 bits per heavy atom. The average Bonchev–Trinajstić information content (AvgIpc) is 3.15. The number of carbonyl (C=O) groups excluding carboxylic acids is 1. The molecule has 1 atom stereocenters. The van der Waals surface area contributed by atoms with Crippen LogP contribution in [0.25, 0.3) is 0 Å². The van der Waals surface area contributed by atoms with Crippen LogP contribution in [0.3, 0.4) is 0 Å². The van der Waals surface area contributed by atoms with Crippen molar-refractivity contribution in [3.05, 3.63) is 46.4 Å². The fourth-order valence-corrected chi connectivity index (χ4v) is 3.52. The molecule has 1 aliphatic rings. The summed E-state index contributed by atoms with van der Waals surface area (Å²) in [7, 11) is 0. The van der Waals surface area contributed by atoms with E-state index in [1.165, 1.54) is 4.88 Å². The molecule has 1 aliphatic heterocycles. The van der Waals surface area contributed by atoms with Gasteiger partial charge in [-0.25, -0.2) is 0 Å². The maximum Gasteiger partial charge on any atom is 0.270 e. The Morgan fingerprint density at radius 2 is 2.26 bits per heavy atom. The highest BCUT2D eigenvalue weighted by Crippen LogP contribution is 2.22. The highest BCUT2D eigenvalue weighted by Gasteiger charge is 2.18. The standard InChI is InChI=1S/C17H21N3O2S/c1-2-14(16-4-3-11-23-16)19-17(21)15-12-13(5-6-18-15)20-7-9-22-10-8-20/h3-6,11-12,14H,2,7-10H2,1H3,(H,19,21)/t14-/m1/s1. The molecule has 0 bridgehead atoms. The maximum absolute atomic E-state index is 12.5. The van der Waals surface area contributed by atoms with Gasteiger partial charge in [0.25, 0.3) is 5.91 Å². The lowest BCUT2D eigenvalue weighted by atomic mass is 10.1. The van der Waals surface area contributed by atoms with Crippen LogP contribution >= 0.6 is 11.3 Å². The second kappa shape index (κ2) is 7.57. The van der Waals surface area contributed by atoms with Gasteiger partial charge in [-0.05, 0) is 30.0 Å². The van der Waals surface area contributed by atoms with Gasteiger partial charge in [0.05, 0.1) is 19.3 Å². The van der Waals surface area contributed by atoms with Gasteiger partial charge in [-0.2, -0.15) is 0 Å². The number of rotatable bonds is 5. The summed E-state index contributed by atoms with van der Waals surface area (Å²) in [6.07, 6.45) is 2.56. The third-order valence-electron chi connectivity index (χ3n) is 3.95. The van der Waals surface area contributed by atoms with Crippen LogP contribution in [0.1, 0.15) is 34.8 Å². The number of hydrogen-bond acceptors (Lipinski definition) is 5. The van der Waals surface area contributed by atoms with Crippen LogP contribution < -0.4 is 10.2 Å². The van der Waals surface area contributed by atoms with Gasteiger partial charge in [0.15, 0.2) is 0 Å². The van der Waals surface area contributed by atoms with E-state index in [0.717, 1.165) is 38.4 Å². The molecule has 1 N–H and O–H groups in total. The van der Waals surface area contributed by atoms with Gasteiger partial charge in [0, 0.05) is 29.9 Å². The first-order chi connectivity index (χ1) is 11.3. The highest BCUT2D eigenvalue weighted by molar-refractivity contribution is 7.10. The molecule has 3 heterocycles. The summed E-state index contributed by atoms with van der Waals surface area (Å²) < 4.78 is 5.37. The van der Waals surface area contributed by atoms with E-state index in [9.17, 15) is 4.79 Å². The zero-order valence-corrected chi connectivity index (χ0v) is 14.0. The minimum atomic E-state index is -0.125. The summed E-state index contributed by atoms with van der Waals surface area (Å²) in [6, 6.07) is 7.90. The molecule has 5 nitrogen and oxygen atoms in total. The largest absolute Gasteiger partial charge is 0.378 e. The number of aromatic nitrogens is 1. The molecular formula is C17H21N3O2S. The first-order valence-corrected chi connectivity index (χ1v) is 8.79. The van der Waals surface area contributed by atoms with E-state index in [2.05, 4.69) is 28.2 Å². The van der Waals surface area contributed by atoms with Crippen molar-refractivity contribution in [3.63, 3.8) is 0 Å². The molecule has 0 unspecified atom stereocenters. The zero-order valence-electron chi connectivity index (χ0n) is 13.2. The molecule has 0 spiro atoms.